The third-order valence-electron chi connectivity index (χ3n) is 5.32. The van der Waals surface area contributed by atoms with Crippen LogP contribution in [0.5, 0.6) is 0 Å². The Hall–Kier alpha value is -4.84. The highest BCUT2D eigenvalue weighted by molar-refractivity contribution is 6.53. The quantitative estimate of drug-likeness (QED) is 0.276. The van der Waals surface area contributed by atoms with Gasteiger partial charge in [-0.15, -0.1) is 0 Å². The van der Waals surface area contributed by atoms with Crippen molar-refractivity contribution in [1.29, 1.82) is 0 Å². The average Bonchev–Trinajstić information content (AvgIpc) is 2.92. The Morgan fingerprint density at radius 2 is 0.778 bits per heavy atom. The van der Waals surface area contributed by atoms with Crippen LogP contribution in [0.4, 0.5) is 0 Å². The van der Waals surface area contributed by atoms with Crippen LogP contribution in [-0.2, 0) is 22.4 Å². The standard InChI is InChI=1S/C30H26N4O2/c35-27(21-23-13-5-1-6-14-23)31-33-29(25-17-9-3-10-18-25)30(26-19-11-4-12-20-26)34-32-28(36)22-24-15-7-2-8-16-24/h1-20H,21-22H2,(H,31,35)(H,32,36)/b33-29+,34-30+. The molecule has 4 rings (SSSR count). The molecule has 2 amide bonds. The van der Waals surface area contributed by atoms with Gasteiger partial charge in [0.15, 0.2) is 0 Å². The van der Waals surface area contributed by atoms with Crippen LogP contribution in [-0.4, -0.2) is 23.2 Å². The minimum atomic E-state index is -0.254. The lowest BCUT2D eigenvalue weighted by atomic mass is 10.00. The number of nitrogens with zero attached hydrogens (tertiary/aromatic N) is 2. The molecule has 4 aromatic carbocycles. The fourth-order valence-electron chi connectivity index (χ4n) is 3.58. The number of carbonyl (C=O) groups is 2. The summed E-state index contributed by atoms with van der Waals surface area (Å²) in [5.74, 6) is -0.509. The van der Waals surface area contributed by atoms with Crippen molar-refractivity contribution in [2.45, 2.75) is 12.8 Å². The van der Waals surface area contributed by atoms with E-state index >= 15 is 0 Å². The molecule has 36 heavy (non-hydrogen) atoms. The number of carbonyl (C=O) groups excluding carboxylic acids is 2. The highest BCUT2D eigenvalue weighted by Gasteiger charge is 2.16. The van der Waals surface area contributed by atoms with Gasteiger partial charge in [0.1, 0.15) is 11.4 Å². The molecule has 6 heteroatoms. The van der Waals surface area contributed by atoms with Crippen LogP contribution in [0.25, 0.3) is 0 Å². The van der Waals surface area contributed by atoms with Crippen LogP contribution in [0.3, 0.4) is 0 Å². The van der Waals surface area contributed by atoms with E-state index in [0.29, 0.717) is 11.4 Å². The third-order valence-corrected chi connectivity index (χ3v) is 5.32. The van der Waals surface area contributed by atoms with E-state index in [9.17, 15) is 9.59 Å². The first-order valence-electron chi connectivity index (χ1n) is 11.6. The van der Waals surface area contributed by atoms with Crippen LogP contribution in [0.2, 0.25) is 0 Å². The summed E-state index contributed by atoms with van der Waals surface area (Å²) in [6.45, 7) is 0. The maximum atomic E-state index is 12.6. The predicted molar refractivity (Wildman–Crippen MR) is 143 cm³/mol. The molecule has 0 spiro atoms. The molecule has 0 saturated carbocycles. The first-order chi connectivity index (χ1) is 17.7. The first kappa shape index (κ1) is 24.3. The zero-order valence-corrected chi connectivity index (χ0v) is 19.7. The van der Waals surface area contributed by atoms with Gasteiger partial charge in [-0.05, 0) is 11.1 Å². The lowest BCUT2D eigenvalue weighted by molar-refractivity contribution is -0.121. The Labute approximate surface area is 210 Å². The second kappa shape index (κ2) is 12.6. The van der Waals surface area contributed by atoms with Crippen molar-refractivity contribution in [3.05, 3.63) is 144 Å². The van der Waals surface area contributed by atoms with Gasteiger partial charge in [0.25, 0.3) is 0 Å². The van der Waals surface area contributed by atoms with Gasteiger partial charge in [-0.1, -0.05) is 121 Å². The second-order valence-electron chi connectivity index (χ2n) is 8.05. The van der Waals surface area contributed by atoms with Crippen molar-refractivity contribution in [3.8, 4) is 0 Å². The van der Waals surface area contributed by atoms with E-state index in [1.54, 1.807) is 0 Å². The molecule has 0 bridgehead atoms. The van der Waals surface area contributed by atoms with Crippen LogP contribution in [0.15, 0.2) is 132 Å². The fourth-order valence-corrected chi connectivity index (χ4v) is 3.58. The van der Waals surface area contributed by atoms with E-state index in [-0.39, 0.29) is 24.7 Å². The Bertz CT molecular complexity index is 1230. The lowest BCUT2D eigenvalue weighted by Crippen LogP contribution is -2.29. The molecule has 178 valence electrons. The first-order valence-corrected chi connectivity index (χ1v) is 11.6. The molecule has 0 aliphatic rings. The van der Waals surface area contributed by atoms with Crippen LogP contribution in [0.1, 0.15) is 22.3 Å². The smallest absolute Gasteiger partial charge is 0.244 e. The third kappa shape index (κ3) is 7.08. The summed E-state index contributed by atoms with van der Waals surface area (Å²) >= 11 is 0. The lowest BCUT2D eigenvalue weighted by Gasteiger charge is -2.12. The van der Waals surface area contributed by atoms with Crippen LogP contribution in [0, 0.1) is 0 Å². The number of benzene rings is 4. The molecule has 0 atom stereocenters. The van der Waals surface area contributed by atoms with Gasteiger partial charge in [0.05, 0.1) is 12.8 Å². The topological polar surface area (TPSA) is 82.9 Å². The second-order valence-corrected chi connectivity index (χ2v) is 8.05. The largest absolute Gasteiger partial charge is 0.273 e. The molecule has 0 aliphatic carbocycles. The minimum absolute atomic E-state index is 0.192. The molecular formula is C30H26N4O2. The van der Waals surface area contributed by atoms with Crippen molar-refractivity contribution in [2.24, 2.45) is 10.2 Å². The summed E-state index contributed by atoms with van der Waals surface area (Å²) in [6.07, 6.45) is 0.385. The van der Waals surface area contributed by atoms with Crippen molar-refractivity contribution in [1.82, 2.24) is 10.9 Å². The summed E-state index contributed by atoms with van der Waals surface area (Å²) in [5, 5.41) is 8.93. The number of rotatable bonds is 9. The number of hydrogen-bond acceptors (Lipinski definition) is 4. The van der Waals surface area contributed by atoms with E-state index < -0.39 is 0 Å². The highest BCUT2D eigenvalue weighted by Crippen LogP contribution is 2.11. The SMILES string of the molecule is O=C(Cc1ccccc1)N/N=C(/C(=N/NC(=O)Cc1ccccc1)c1ccccc1)c1ccccc1. The molecule has 0 aliphatic heterocycles. The molecule has 6 nitrogen and oxygen atoms in total. The van der Waals surface area contributed by atoms with Gasteiger partial charge in [-0.2, -0.15) is 10.2 Å². The molecule has 4 aromatic rings. The summed E-state index contributed by atoms with van der Waals surface area (Å²) in [6, 6.07) is 37.8. The fraction of sp³-hybridized carbons (Fsp3) is 0.0667. The van der Waals surface area contributed by atoms with Gasteiger partial charge < -0.3 is 0 Å². The summed E-state index contributed by atoms with van der Waals surface area (Å²) < 4.78 is 0. The van der Waals surface area contributed by atoms with Gasteiger partial charge in [0.2, 0.25) is 11.8 Å². The van der Waals surface area contributed by atoms with E-state index in [4.69, 9.17) is 0 Å². The molecule has 2 N–H and O–H groups in total. The van der Waals surface area contributed by atoms with Gasteiger partial charge in [0, 0.05) is 11.1 Å². The molecular weight excluding hydrogens is 448 g/mol. The van der Waals surface area contributed by atoms with Crippen molar-refractivity contribution in [2.75, 3.05) is 0 Å². The molecule has 0 radical (unpaired) electrons. The number of hydrogen-bond donors (Lipinski definition) is 2. The normalized spacial score (nSPS) is 11.6. The van der Waals surface area contributed by atoms with Crippen molar-refractivity contribution < 1.29 is 9.59 Å². The zero-order chi connectivity index (χ0) is 25.0. The van der Waals surface area contributed by atoms with Crippen molar-refractivity contribution >= 4 is 23.2 Å². The molecule has 0 fully saturated rings. The van der Waals surface area contributed by atoms with E-state index in [2.05, 4.69) is 21.1 Å². The van der Waals surface area contributed by atoms with Gasteiger partial charge in [-0.3, -0.25) is 9.59 Å². The van der Waals surface area contributed by atoms with Crippen LogP contribution >= 0.6 is 0 Å². The maximum absolute atomic E-state index is 12.6. The maximum Gasteiger partial charge on any atom is 0.244 e. The number of amides is 2. The Morgan fingerprint density at radius 1 is 0.472 bits per heavy atom. The number of hydrazone groups is 2. The monoisotopic (exact) mass is 474 g/mol. The molecule has 0 saturated heterocycles. The number of nitrogens with one attached hydrogen (secondary N) is 2. The van der Waals surface area contributed by atoms with Gasteiger partial charge >= 0.3 is 0 Å². The highest BCUT2D eigenvalue weighted by atomic mass is 16.2. The zero-order valence-electron chi connectivity index (χ0n) is 19.7. The van der Waals surface area contributed by atoms with E-state index in [0.717, 1.165) is 22.3 Å². The molecule has 0 aromatic heterocycles. The minimum Gasteiger partial charge on any atom is -0.273 e. The average molecular weight is 475 g/mol. The summed E-state index contributed by atoms with van der Waals surface area (Å²) in [4.78, 5) is 25.3. The Balaban J connectivity index is 1.63. The van der Waals surface area contributed by atoms with Gasteiger partial charge in [-0.25, -0.2) is 10.9 Å². The van der Waals surface area contributed by atoms with Crippen LogP contribution < -0.4 is 10.9 Å². The van der Waals surface area contributed by atoms with E-state index in [1.807, 2.05) is 121 Å². The van der Waals surface area contributed by atoms with Crippen molar-refractivity contribution in [3.63, 3.8) is 0 Å². The predicted octanol–water partition coefficient (Wildman–Crippen LogP) is 4.51. The van der Waals surface area contributed by atoms with E-state index in [1.165, 1.54) is 0 Å². The molecule has 0 unspecified atom stereocenters. The summed E-state index contributed by atoms with van der Waals surface area (Å²) in [7, 11) is 0. The molecule has 0 heterocycles. The Morgan fingerprint density at radius 3 is 1.11 bits per heavy atom. The summed E-state index contributed by atoms with van der Waals surface area (Å²) in [5.41, 5.74) is 9.46. The Kier molecular flexibility index (Phi) is 8.48.